The first-order valence-corrected chi connectivity index (χ1v) is 6.90. The number of piperidine rings is 1. The average Bonchev–Trinajstić information content (AvgIpc) is 2.04. The molecule has 78 valence electrons. The minimum Gasteiger partial charge on any atom is -0.303 e. The van der Waals surface area contributed by atoms with E-state index in [1.165, 1.54) is 6.26 Å². The van der Waals surface area contributed by atoms with Crippen molar-refractivity contribution in [2.75, 3.05) is 25.9 Å². The van der Waals surface area contributed by atoms with E-state index in [4.69, 9.17) is 0 Å². The summed E-state index contributed by atoms with van der Waals surface area (Å²) < 4.78 is 22.5. The van der Waals surface area contributed by atoms with Gasteiger partial charge in [0.2, 0.25) is 0 Å². The van der Waals surface area contributed by atoms with Gasteiger partial charge in [0.15, 0.2) is 0 Å². The van der Waals surface area contributed by atoms with Gasteiger partial charge in [-0.15, -0.1) is 0 Å². The fourth-order valence-electron chi connectivity index (χ4n) is 1.88. The summed E-state index contributed by atoms with van der Waals surface area (Å²) in [6.45, 7) is 5.16. The third-order valence-corrected chi connectivity index (χ3v) is 4.36. The summed E-state index contributed by atoms with van der Waals surface area (Å²) in [5.41, 5.74) is 0. The second-order valence-electron chi connectivity index (χ2n) is 3.87. The average molecular weight is 205 g/mol. The first-order valence-electron chi connectivity index (χ1n) is 4.95. The van der Waals surface area contributed by atoms with E-state index >= 15 is 0 Å². The third kappa shape index (κ3) is 3.27. The summed E-state index contributed by atoms with van der Waals surface area (Å²) in [7, 11) is -2.79. The molecule has 0 N–H and O–H groups in total. The lowest BCUT2D eigenvalue weighted by Crippen LogP contribution is -2.39. The Morgan fingerprint density at radius 2 is 1.85 bits per heavy atom. The number of sulfone groups is 1. The lowest BCUT2D eigenvalue weighted by molar-refractivity contribution is 0.230. The molecule has 3 nitrogen and oxygen atoms in total. The smallest absolute Gasteiger partial charge is 0.150 e. The Kier molecular flexibility index (Phi) is 3.74. The van der Waals surface area contributed by atoms with Crippen LogP contribution in [0.3, 0.4) is 0 Å². The van der Waals surface area contributed by atoms with Crippen molar-refractivity contribution in [3.63, 3.8) is 0 Å². The highest BCUT2D eigenvalue weighted by Crippen LogP contribution is 2.16. The van der Waals surface area contributed by atoms with Gasteiger partial charge in [-0.25, -0.2) is 8.42 Å². The van der Waals surface area contributed by atoms with Crippen LogP contribution < -0.4 is 0 Å². The van der Waals surface area contributed by atoms with Gasteiger partial charge in [0.05, 0.1) is 5.25 Å². The molecule has 0 spiro atoms. The predicted molar refractivity (Wildman–Crippen MR) is 54.6 cm³/mol. The SMILES string of the molecule is CCCN1CCC(S(C)(=O)=O)CC1. The Labute approximate surface area is 81.0 Å². The van der Waals surface area contributed by atoms with Crippen molar-refractivity contribution >= 4 is 9.84 Å². The highest BCUT2D eigenvalue weighted by Gasteiger charge is 2.25. The van der Waals surface area contributed by atoms with Crippen molar-refractivity contribution in [1.82, 2.24) is 4.90 Å². The zero-order valence-electron chi connectivity index (χ0n) is 8.49. The number of hydrogen-bond acceptors (Lipinski definition) is 3. The maximum absolute atomic E-state index is 11.2. The Hall–Kier alpha value is -0.0900. The molecule has 4 heteroatoms. The molecule has 1 rings (SSSR count). The van der Waals surface area contributed by atoms with Crippen LogP contribution in [0.15, 0.2) is 0 Å². The maximum Gasteiger partial charge on any atom is 0.150 e. The molecule has 0 bridgehead atoms. The van der Waals surface area contributed by atoms with Crippen molar-refractivity contribution in [3.05, 3.63) is 0 Å². The van der Waals surface area contributed by atoms with Crippen molar-refractivity contribution < 1.29 is 8.42 Å². The molecule has 13 heavy (non-hydrogen) atoms. The van der Waals surface area contributed by atoms with Gasteiger partial charge in [-0.1, -0.05) is 6.92 Å². The summed E-state index contributed by atoms with van der Waals surface area (Å²) in [6.07, 6.45) is 4.15. The van der Waals surface area contributed by atoms with E-state index in [-0.39, 0.29) is 5.25 Å². The molecule has 0 amide bonds. The first-order chi connectivity index (χ1) is 6.04. The number of nitrogens with zero attached hydrogens (tertiary/aromatic N) is 1. The molecule has 1 heterocycles. The lowest BCUT2D eigenvalue weighted by atomic mass is 10.1. The number of likely N-dealkylation sites (tertiary alicyclic amines) is 1. The highest BCUT2D eigenvalue weighted by atomic mass is 32.2. The molecule has 0 aromatic rings. The van der Waals surface area contributed by atoms with Crippen LogP contribution in [0, 0.1) is 0 Å². The highest BCUT2D eigenvalue weighted by molar-refractivity contribution is 7.91. The molecule has 0 aliphatic carbocycles. The fraction of sp³-hybridized carbons (Fsp3) is 1.00. The van der Waals surface area contributed by atoms with Gasteiger partial charge >= 0.3 is 0 Å². The van der Waals surface area contributed by atoms with Crippen LogP contribution >= 0.6 is 0 Å². The van der Waals surface area contributed by atoms with Gasteiger partial charge in [0.25, 0.3) is 0 Å². The van der Waals surface area contributed by atoms with Crippen molar-refractivity contribution in [3.8, 4) is 0 Å². The van der Waals surface area contributed by atoms with Gasteiger partial charge < -0.3 is 4.90 Å². The summed E-state index contributed by atoms with van der Waals surface area (Å²) >= 11 is 0. The van der Waals surface area contributed by atoms with E-state index < -0.39 is 9.84 Å². The van der Waals surface area contributed by atoms with Gasteiger partial charge in [-0.3, -0.25) is 0 Å². The topological polar surface area (TPSA) is 37.4 Å². The largest absolute Gasteiger partial charge is 0.303 e. The van der Waals surface area contributed by atoms with E-state index in [0.29, 0.717) is 0 Å². The molecule has 1 fully saturated rings. The van der Waals surface area contributed by atoms with Crippen LogP contribution in [0.2, 0.25) is 0 Å². The number of hydrogen-bond donors (Lipinski definition) is 0. The van der Waals surface area contributed by atoms with E-state index in [2.05, 4.69) is 11.8 Å². The van der Waals surface area contributed by atoms with Crippen LogP contribution in [0.4, 0.5) is 0 Å². The van der Waals surface area contributed by atoms with E-state index in [9.17, 15) is 8.42 Å². The summed E-state index contributed by atoms with van der Waals surface area (Å²) in [4.78, 5) is 2.35. The molecule has 1 aliphatic heterocycles. The Morgan fingerprint density at radius 3 is 2.23 bits per heavy atom. The van der Waals surface area contributed by atoms with Crippen molar-refractivity contribution in [2.24, 2.45) is 0 Å². The summed E-state index contributed by atoms with van der Waals surface area (Å²) in [5.74, 6) is 0. The second-order valence-corrected chi connectivity index (χ2v) is 6.20. The van der Waals surface area contributed by atoms with Crippen molar-refractivity contribution in [2.45, 2.75) is 31.4 Å². The molecule has 0 atom stereocenters. The first kappa shape index (κ1) is 11.0. The Balaban J connectivity index is 2.39. The van der Waals surface area contributed by atoms with Crippen LogP contribution in [-0.4, -0.2) is 44.5 Å². The molecule has 1 saturated heterocycles. The zero-order chi connectivity index (χ0) is 9.90. The molecule has 0 aromatic carbocycles. The monoisotopic (exact) mass is 205 g/mol. The molecule has 0 unspecified atom stereocenters. The predicted octanol–water partition coefficient (Wildman–Crippen LogP) is 0.905. The molecular weight excluding hydrogens is 186 g/mol. The lowest BCUT2D eigenvalue weighted by Gasteiger charge is -2.30. The standard InChI is InChI=1S/C9H19NO2S/c1-3-6-10-7-4-9(5-8-10)13(2,11)12/h9H,3-8H2,1-2H3. The van der Waals surface area contributed by atoms with Crippen LogP contribution in [0.1, 0.15) is 26.2 Å². The molecule has 0 saturated carbocycles. The molecular formula is C9H19NO2S. The van der Waals surface area contributed by atoms with Gasteiger partial charge in [-0.05, 0) is 38.9 Å². The van der Waals surface area contributed by atoms with Crippen LogP contribution in [0.25, 0.3) is 0 Å². The summed E-state index contributed by atoms with van der Waals surface area (Å²) in [5, 5.41) is -0.0828. The zero-order valence-corrected chi connectivity index (χ0v) is 9.31. The minimum atomic E-state index is -2.79. The van der Waals surface area contributed by atoms with Crippen LogP contribution in [0.5, 0.6) is 0 Å². The van der Waals surface area contributed by atoms with Crippen molar-refractivity contribution in [1.29, 1.82) is 0 Å². The Morgan fingerprint density at radius 1 is 1.31 bits per heavy atom. The van der Waals surface area contributed by atoms with E-state index in [1.54, 1.807) is 0 Å². The third-order valence-electron chi connectivity index (χ3n) is 2.68. The normalized spacial score (nSPS) is 22.0. The summed E-state index contributed by atoms with van der Waals surface area (Å²) in [6, 6.07) is 0. The maximum atomic E-state index is 11.2. The van der Waals surface area contributed by atoms with Gasteiger partial charge in [-0.2, -0.15) is 0 Å². The van der Waals surface area contributed by atoms with E-state index in [1.807, 2.05) is 0 Å². The van der Waals surface area contributed by atoms with Gasteiger partial charge in [0, 0.05) is 6.26 Å². The van der Waals surface area contributed by atoms with E-state index in [0.717, 1.165) is 38.9 Å². The minimum absolute atomic E-state index is 0.0828. The molecule has 1 aliphatic rings. The second kappa shape index (κ2) is 4.42. The fourth-order valence-corrected chi connectivity index (χ4v) is 2.94. The Bertz CT molecular complexity index is 240. The van der Waals surface area contributed by atoms with Crippen LogP contribution in [-0.2, 0) is 9.84 Å². The number of rotatable bonds is 3. The quantitative estimate of drug-likeness (QED) is 0.687. The molecule has 0 radical (unpaired) electrons. The van der Waals surface area contributed by atoms with Gasteiger partial charge in [0.1, 0.15) is 9.84 Å². The molecule has 0 aromatic heterocycles.